The second kappa shape index (κ2) is 7.75. The minimum Gasteiger partial charge on any atom is -0.466 e. The highest BCUT2D eigenvalue weighted by Gasteiger charge is 2.16. The molecule has 4 nitrogen and oxygen atoms in total. The van der Waals surface area contributed by atoms with Crippen LogP contribution in [0.4, 0.5) is 5.13 Å². The number of nitrogens with zero attached hydrogens (tertiary/aromatic N) is 1. The highest BCUT2D eigenvalue weighted by molar-refractivity contribution is 7.99. The van der Waals surface area contributed by atoms with E-state index in [0.717, 1.165) is 17.4 Å². The summed E-state index contributed by atoms with van der Waals surface area (Å²) in [4.78, 5) is 15.7. The molecule has 0 bridgehead atoms. The number of hydrogen-bond donors (Lipinski definition) is 1. The number of nitrogens with one attached hydrogen (secondary N) is 1. The maximum absolute atomic E-state index is 11.3. The molecule has 0 saturated carbocycles. The van der Waals surface area contributed by atoms with Crippen LogP contribution in [0, 0.1) is 0 Å². The maximum atomic E-state index is 11.3. The quantitative estimate of drug-likeness (QED) is 0.747. The first kappa shape index (κ1) is 16.3. The first-order valence-electron chi connectivity index (χ1n) is 6.36. The molecule has 108 valence electrons. The van der Waals surface area contributed by atoms with Gasteiger partial charge in [-0.2, -0.15) is 11.8 Å². The van der Waals surface area contributed by atoms with Gasteiger partial charge >= 0.3 is 5.97 Å². The van der Waals surface area contributed by atoms with E-state index < -0.39 is 0 Å². The number of carbonyl (C=O) groups excluding carboxylic acids is 1. The third-order valence-corrected chi connectivity index (χ3v) is 4.76. The van der Waals surface area contributed by atoms with Crippen molar-refractivity contribution in [1.82, 2.24) is 4.98 Å². The molecular formula is C13H22N2O2S2. The highest BCUT2D eigenvalue weighted by Crippen LogP contribution is 2.23. The number of aromatic nitrogens is 1. The Labute approximate surface area is 123 Å². The number of aryl methyl sites for hydroxylation is 1. The fourth-order valence-electron chi connectivity index (χ4n) is 1.33. The molecule has 1 heterocycles. The summed E-state index contributed by atoms with van der Waals surface area (Å²) in [7, 11) is 0. The molecule has 0 amide bonds. The molecule has 0 aliphatic carbocycles. The molecule has 1 aromatic heterocycles. The Morgan fingerprint density at radius 2 is 2.32 bits per heavy atom. The van der Waals surface area contributed by atoms with Crippen molar-refractivity contribution >= 4 is 34.2 Å². The molecule has 1 rings (SSSR count). The summed E-state index contributed by atoms with van der Waals surface area (Å²) in [5.74, 6) is -0.159. The molecule has 1 aromatic rings. The molecule has 0 saturated heterocycles. The molecular weight excluding hydrogens is 280 g/mol. The van der Waals surface area contributed by atoms with E-state index in [4.69, 9.17) is 4.74 Å². The summed E-state index contributed by atoms with van der Waals surface area (Å²) in [5.41, 5.74) is 0.947. The van der Waals surface area contributed by atoms with E-state index in [2.05, 4.69) is 30.4 Å². The SMILES string of the molecule is CCOC(=O)CCc1csc(NCC(C)(C)SC)n1. The van der Waals surface area contributed by atoms with Crippen LogP contribution in [0.2, 0.25) is 0 Å². The van der Waals surface area contributed by atoms with Gasteiger partial charge in [-0.3, -0.25) is 4.79 Å². The molecule has 1 N–H and O–H groups in total. The van der Waals surface area contributed by atoms with Crippen LogP contribution in [0.3, 0.4) is 0 Å². The fraction of sp³-hybridized carbons (Fsp3) is 0.692. The number of thiazole rings is 1. The van der Waals surface area contributed by atoms with Crippen LogP contribution in [0.5, 0.6) is 0 Å². The van der Waals surface area contributed by atoms with Crippen molar-refractivity contribution in [1.29, 1.82) is 0 Å². The zero-order valence-corrected chi connectivity index (χ0v) is 13.6. The van der Waals surface area contributed by atoms with Gasteiger partial charge in [-0.05, 0) is 27.0 Å². The van der Waals surface area contributed by atoms with Crippen LogP contribution in [-0.2, 0) is 16.0 Å². The lowest BCUT2D eigenvalue weighted by atomic mass is 10.2. The van der Waals surface area contributed by atoms with E-state index in [1.807, 2.05) is 24.1 Å². The van der Waals surface area contributed by atoms with Crippen LogP contribution in [-0.4, -0.2) is 35.1 Å². The largest absolute Gasteiger partial charge is 0.466 e. The smallest absolute Gasteiger partial charge is 0.306 e. The lowest BCUT2D eigenvalue weighted by molar-refractivity contribution is -0.143. The van der Waals surface area contributed by atoms with Gasteiger partial charge < -0.3 is 10.1 Å². The second-order valence-corrected chi connectivity index (χ2v) is 7.14. The molecule has 0 atom stereocenters. The number of hydrogen-bond acceptors (Lipinski definition) is 6. The Bertz CT molecular complexity index is 405. The molecule has 0 radical (unpaired) electrons. The van der Waals surface area contributed by atoms with Crippen LogP contribution >= 0.6 is 23.1 Å². The predicted molar refractivity (Wildman–Crippen MR) is 83.2 cm³/mol. The summed E-state index contributed by atoms with van der Waals surface area (Å²) >= 11 is 3.41. The maximum Gasteiger partial charge on any atom is 0.306 e. The lowest BCUT2D eigenvalue weighted by Gasteiger charge is -2.21. The third-order valence-electron chi connectivity index (χ3n) is 2.66. The Balaban J connectivity index is 2.38. The number of ether oxygens (including phenoxy) is 1. The van der Waals surface area contributed by atoms with Crippen molar-refractivity contribution in [3.63, 3.8) is 0 Å². The third kappa shape index (κ3) is 6.29. The van der Waals surface area contributed by atoms with E-state index in [1.54, 1.807) is 11.3 Å². The predicted octanol–water partition coefficient (Wildman–Crippen LogP) is 3.19. The monoisotopic (exact) mass is 302 g/mol. The first-order chi connectivity index (χ1) is 8.96. The number of thioether (sulfide) groups is 1. The van der Waals surface area contributed by atoms with E-state index in [0.29, 0.717) is 19.4 Å². The van der Waals surface area contributed by atoms with Gasteiger partial charge in [-0.15, -0.1) is 11.3 Å². The molecule has 6 heteroatoms. The van der Waals surface area contributed by atoms with Gasteiger partial charge in [0.05, 0.1) is 18.7 Å². The molecule has 0 aliphatic heterocycles. The van der Waals surface area contributed by atoms with Gasteiger partial charge in [-0.1, -0.05) is 0 Å². The Morgan fingerprint density at radius 1 is 1.58 bits per heavy atom. The number of carbonyl (C=O) groups is 1. The number of anilines is 1. The van der Waals surface area contributed by atoms with Crippen LogP contribution in [0.15, 0.2) is 5.38 Å². The van der Waals surface area contributed by atoms with Crippen LogP contribution in [0.1, 0.15) is 32.9 Å². The summed E-state index contributed by atoms with van der Waals surface area (Å²) in [5, 5.41) is 6.25. The van der Waals surface area contributed by atoms with E-state index in [1.165, 1.54) is 0 Å². The Morgan fingerprint density at radius 3 is 2.95 bits per heavy atom. The summed E-state index contributed by atoms with van der Waals surface area (Å²) in [6, 6.07) is 0. The zero-order valence-electron chi connectivity index (χ0n) is 12.0. The average molecular weight is 302 g/mol. The van der Waals surface area contributed by atoms with Crippen molar-refractivity contribution in [2.45, 2.75) is 38.4 Å². The molecule has 0 spiro atoms. The second-order valence-electron chi connectivity index (χ2n) is 4.77. The van der Waals surface area contributed by atoms with Crippen molar-refractivity contribution in [2.24, 2.45) is 0 Å². The summed E-state index contributed by atoms with van der Waals surface area (Å²) in [6.45, 7) is 7.52. The molecule has 0 aromatic carbocycles. The summed E-state index contributed by atoms with van der Waals surface area (Å²) < 4.78 is 5.09. The van der Waals surface area contributed by atoms with Gasteiger partial charge in [0, 0.05) is 23.1 Å². The molecule has 0 unspecified atom stereocenters. The minimum atomic E-state index is -0.159. The van der Waals surface area contributed by atoms with Crippen LogP contribution < -0.4 is 5.32 Å². The number of esters is 1. The van der Waals surface area contributed by atoms with Gasteiger partial charge in [0.1, 0.15) is 0 Å². The van der Waals surface area contributed by atoms with Crippen molar-refractivity contribution < 1.29 is 9.53 Å². The highest BCUT2D eigenvalue weighted by atomic mass is 32.2. The molecule has 0 fully saturated rings. The first-order valence-corrected chi connectivity index (χ1v) is 8.46. The molecule has 19 heavy (non-hydrogen) atoms. The van der Waals surface area contributed by atoms with Gasteiger partial charge in [0.25, 0.3) is 0 Å². The van der Waals surface area contributed by atoms with E-state index >= 15 is 0 Å². The van der Waals surface area contributed by atoms with Gasteiger partial charge in [0.15, 0.2) is 5.13 Å². The topological polar surface area (TPSA) is 51.2 Å². The normalized spacial score (nSPS) is 11.4. The van der Waals surface area contributed by atoms with Gasteiger partial charge in [0.2, 0.25) is 0 Å². The lowest BCUT2D eigenvalue weighted by Crippen LogP contribution is -2.25. The molecule has 0 aliphatic rings. The zero-order chi connectivity index (χ0) is 14.3. The van der Waals surface area contributed by atoms with Crippen molar-refractivity contribution in [3.8, 4) is 0 Å². The van der Waals surface area contributed by atoms with E-state index in [9.17, 15) is 4.79 Å². The Hall–Kier alpha value is -0.750. The average Bonchev–Trinajstić information content (AvgIpc) is 2.83. The van der Waals surface area contributed by atoms with Crippen LogP contribution in [0.25, 0.3) is 0 Å². The number of rotatable bonds is 8. The Kier molecular flexibility index (Phi) is 6.65. The minimum absolute atomic E-state index is 0.159. The summed E-state index contributed by atoms with van der Waals surface area (Å²) in [6.07, 6.45) is 3.14. The van der Waals surface area contributed by atoms with E-state index in [-0.39, 0.29) is 10.7 Å². The standard InChI is InChI=1S/C13H22N2O2S2/c1-5-17-11(16)7-6-10-8-19-12(15-10)14-9-13(2,3)18-4/h8H,5-7,9H2,1-4H3,(H,14,15). The van der Waals surface area contributed by atoms with Gasteiger partial charge in [-0.25, -0.2) is 4.98 Å². The van der Waals surface area contributed by atoms with Crippen molar-refractivity contribution in [3.05, 3.63) is 11.1 Å². The fourth-order valence-corrected chi connectivity index (χ4v) is 2.29. The van der Waals surface area contributed by atoms with Crippen molar-refractivity contribution in [2.75, 3.05) is 24.7 Å².